The van der Waals surface area contributed by atoms with Gasteiger partial charge in [-0.15, -0.1) is 6.58 Å². The Morgan fingerprint density at radius 1 is 1.46 bits per heavy atom. The first kappa shape index (κ1) is 10.1. The minimum atomic E-state index is -4.23. The Kier molecular flexibility index (Phi) is 2.64. The molecule has 0 spiro atoms. The molecule has 2 unspecified atom stereocenters. The fourth-order valence-electron chi connectivity index (χ4n) is 1.32. The normalized spacial score (nSPS) is 28.5. The highest BCUT2D eigenvalue weighted by Crippen LogP contribution is 2.33. The predicted octanol–water partition coefficient (Wildman–Crippen LogP) is 3.48. The maximum atomic E-state index is 12.2. The molecule has 3 heteroatoms. The predicted molar refractivity (Wildman–Crippen MR) is 46.1 cm³/mol. The summed E-state index contributed by atoms with van der Waals surface area (Å²) >= 11 is 0. The van der Waals surface area contributed by atoms with E-state index in [9.17, 15) is 13.2 Å². The third-order valence-electron chi connectivity index (χ3n) is 2.15. The minimum absolute atomic E-state index is 0.0195. The third kappa shape index (κ3) is 2.23. The van der Waals surface area contributed by atoms with Gasteiger partial charge in [0.25, 0.3) is 0 Å². The molecule has 0 aromatic carbocycles. The molecule has 1 rings (SSSR count). The summed E-state index contributed by atoms with van der Waals surface area (Å²) in [6, 6.07) is 0. The van der Waals surface area contributed by atoms with Crippen LogP contribution in [-0.4, -0.2) is 6.18 Å². The van der Waals surface area contributed by atoms with Gasteiger partial charge in [0.15, 0.2) is 0 Å². The van der Waals surface area contributed by atoms with Crippen molar-refractivity contribution in [1.82, 2.24) is 0 Å². The smallest absolute Gasteiger partial charge is 0.166 e. The van der Waals surface area contributed by atoms with Crippen LogP contribution in [0.5, 0.6) is 0 Å². The summed E-state index contributed by atoms with van der Waals surface area (Å²) in [5.41, 5.74) is -0.557. The molecule has 0 fully saturated rings. The van der Waals surface area contributed by atoms with E-state index in [4.69, 9.17) is 0 Å². The molecular weight excluding hydrogens is 177 g/mol. The lowest BCUT2D eigenvalue weighted by molar-refractivity contribution is -0.0890. The van der Waals surface area contributed by atoms with Gasteiger partial charge < -0.3 is 0 Å². The zero-order chi connectivity index (χ0) is 10.1. The van der Waals surface area contributed by atoms with E-state index in [2.05, 4.69) is 6.58 Å². The quantitative estimate of drug-likeness (QED) is 0.552. The third-order valence-corrected chi connectivity index (χ3v) is 2.15. The first-order chi connectivity index (χ1) is 5.95. The molecule has 0 radical (unpaired) electrons. The lowest BCUT2D eigenvalue weighted by atomic mass is 9.87. The maximum absolute atomic E-state index is 12.2. The van der Waals surface area contributed by atoms with Crippen molar-refractivity contribution in [1.29, 1.82) is 0 Å². The monoisotopic (exact) mass is 188 g/mol. The van der Waals surface area contributed by atoms with Gasteiger partial charge in [-0.3, -0.25) is 0 Å². The molecule has 13 heavy (non-hydrogen) atoms. The van der Waals surface area contributed by atoms with Crippen molar-refractivity contribution in [3.63, 3.8) is 0 Å². The van der Waals surface area contributed by atoms with Crippen LogP contribution in [0, 0.1) is 11.8 Å². The molecule has 0 saturated heterocycles. The van der Waals surface area contributed by atoms with Gasteiger partial charge in [0.1, 0.15) is 0 Å². The van der Waals surface area contributed by atoms with E-state index >= 15 is 0 Å². The van der Waals surface area contributed by atoms with Gasteiger partial charge in [-0.25, -0.2) is 0 Å². The molecule has 0 nitrogen and oxygen atoms in total. The number of allylic oxidation sites excluding steroid dienone is 5. The van der Waals surface area contributed by atoms with Crippen molar-refractivity contribution in [2.24, 2.45) is 11.8 Å². The molecule has 2 atom stereocenters. The summed E-state index contributed by atoms with van der Waals surface area (Å²) in [4.78, 5) is 0. The van der Waals surface area contributed by atoms with Gasteiger partial charge in [-0.1, -0.05) is 31.2 Å². The maximum Gasteiger partial charge on any atom is 0.416 e. The van der Waals surface area contributed by atoms with Gasteiger partial charge >= 0.3 is 6.18 Å². The van der Waals surface area contributed by atoms with Crippen molar-refractivity contribution < 1.29 is 13.2 Å². The van der Waals surface area contributed by atoms with Gasteiger partial charge in [0.2, 0.25) is 0 Å². The summed E-state index contributed by atoms with van der Waals surface area (Å²) in [6.07, 6.45) is 1.33. The molecule has 0 amide bonds. The number of alkyl halides is 3. The lowest BCUT2D eigenvalue weighted by Crippen LogP contribution is -2.17. The number of rotatable bonds is 1. The van der Waals surface area contributed by atoms with E-state index in [1.165, 1.54) is 6.08 Å². The van der Waals surface area contributed by atoms with Crippen molar-refractivity contribution in [3.8, 4) is 0 Å². The van der Waals surface area contributed by atoms with Crippen LogP contribution in [0.15, 0.2) is 36.5 Å². The van der Waals surface area contributed by atoms with E-state index in [0.717, 1.165) is 6.08 Å². The molecule has 0 aromatic rings. The molecule has 0 aromatic heterocycles. The highest BCUT2D eigenvalue weighted by Gasteiger charge is 2.33. The minimum Gasteiger partial charge on any atom is -0.166 e. The van der Waals surface area contributed by atoms with Crippen LogP contribution in [0.3, 0.4) is 0 Å². The zero-order valence-electron chi connectivity index (χ0n) is 7.31. The van der Waals surface area contributed by atoms with E-state index in [1.807, 2.05) is 0 Å². The van der Waals surface area contributed by atoms with Gasteiger partial charge in [0.05, 0.1) is 5.57 Å². The molecular formula is C10H11F3. The van der Waals surface area contributed by atoms with Crippen molar-refractivity contribution in [2.45, 2.75) is 13.1 Å². The average molecular weight is 188 g/mol. The first-order valence-electron chi connectivity index (χ1n) is 4.05. The largest absolute Gasteiger partial charge is 0.416 e. The molecule has 0 bridgehead atoms. The van der Waals surface area contributed by atoms with Crippen LogP contribution < -0.4 is 0 Å². The Balaban J connectivity index is 2.85. The highest BCUT2D eigenvalue weighted by molar-refractivity contribution is 5.30. The molecule has 0 heterocycles. The number of hydrogen-bond donors (Lipinski definition) is 0. The van der Waals surface area contributed by atoms with Gasteiger partial charge in [0, 0.05) is 5.92 Å². The Morgan fingerprint density at radius 2 is 2.08 bits per heavy atom. The summed E-state index contributed by atoms with van der Waals surface area (Å²) in [5.74, 6) is -0.106. The summed E-state index contributed by atoms with van der Waals surface area (Å²) in [6.45, 7) is 5.31. The second-order valence-corrected chi connectivity index (χ2v) is 3.15. The average Bonchev–Trinajstić information content (AvgIpc) is 2.02. The summed E-state index contributed by atoms with van der Waals surface area (Å²) < 4.78 is 36.6. The van der Waals surface area contributed by atoms with E-state index in [0.29, 0.717) is 0 Å². The van der Waals surface area contributed by atoms with E-state index < -0.39 is 11.7 Å². The molecule has 0 aliphatic heterocycles. The SMILES string of the molecule is C=CC1C=CC(C(F)(F)F)=CC1C. The van der Waals surface area contributed by atoms with Crippen LogP contribution >= 0.6 is 0 Å². The van der Waals surface area contributed by atoms with Crippen molar-refractivity contribution in [3.05, 3.63) is 36.5 Å². The highest BCUT2D eigenvalue weighted by atomic mass is 19.4. The fourth-order valence-corrected chi connectivity index (χ4v) is 1.32. The van der Waals surface area contributed by atoms with Crippen LogP contribution in [0.4, 0.5) is 13.2 Å². The van der Waals surface area contributed by atoms with Crippen molar-refractivity contribution in [2.75, 3.05) is 0 Å². The first-order valence-corrected chi connectivity index (χ1v) is 4.05. The zero-order valence-corrected chi connectivity index (χ0v) is 7.31. The van der Waals surface area contributed by atoms with Gasteiger partial charge in [-0.05, 0) is 5.92 Å². The Hall–Kier alpha value is -0.990. The Bertz CT molecular complexity index is 258. The van der Waals surface area contributed by atoms with E-state index in [1.54, 1.807) is 19.1 Å². The second-order valence-electron chi connectivity index (χ2n) is 3.15. The number of hydrogen-bond acceptors (Lipinski definition) is 0. The molecule has 72 valence electrons. The molecule has 0 N–H and O–H groups in total. The Morgan fingerprint density at radius 3 is 2.46 bits per heavy atom. The Labute approximate surface area is 75.4 Å². The van der Waals surface area contributed by atoms with Crippen LogP contribution in [-0.2, 0) is 0 Å². The fraction of sp³-hybridized carbons (Fsp3) is 0.400. The lowest BCUT2D eigenvalue weighted by Gasteiger charge is -2.20. The molecule has 1 aliphatic carbocycles. The summed E-state index contributed by atoms with van der Waals surface area (Å²) in [5, 5.41) is 0. The topological polar surface area (TPSA) is 0 Å². The van der Waals surface area contributed by atoms with Gasteiger partial charge in [-0.2, -0.15) is 13.2 Å². The number of halogens is 3. The molecule has 0 saturated carbocycles. The van der Waals surface area contributed by atoms with Crippen LogP contribution in [0.1, 0.15) is 6.92 Å². The van der Waals surface area contributed by atoms with Crippen molar-refractivity contribution >= 4 is 0 Å². The van der Waals surface area contributed by atoms with E-state index in [-0.39, 0.29) is 11.8 Å². The second kappa shape index (κ2) is 3.40. The standard InChI is InChI=1S/C10H11F3/c1-3-8-4-5-9(6-7(8)2)10(11,12)13/h3-8H,1H2,2H3. The van der Waals surface area contributed by atoms with Crippen LogP contribution in [0.2, 0.25) is 0 Å². The summed E-state index contributed by atoms with van der Waals surface area (Å²) in [7, 11) is 0. The molecule has 1 aliphatic rings. The van der Waals surface area contributed by atoms with Crippen LogP contribution in [0.25, 0.3) is 0 Å².